The van der Waals surface area contributed by atoms with Crippen LogP contribution in [0.1, 0.15) is 92.9 Å². The van der Waals surface area contributed by atoms with Gasteiger partial charge in [0, 0.05) is 0 Å². The molecule has 4 aliphatic rings. The summed E-state index contributed by atoms with van der Waals surface area (Å²) in [5.74, 6) is 1.72. The number of aliphatic hydroxyl groups is 1. The van der Waals surface area contributed by atoms with Gasteiger partial charge in [0.25, 0.3) is 0 Å². The quantitative estimate of drug-likeness (QED) is 0.335. The van der Waals surface area contributed by atoms with E-state index in [9.17, 15) is 9.90 Å². The first kappa shape index (κ1) is 21.3. The highest BCUT2D eigenvalue weighted by Crippen LogP contribution is 2.72. The van der Waals surface area contributed by atoms with Crippen LogP contribution in [0.4, 0.5) is 0 Å². The molecule has 2 saturated carbocycles. The number of hydrogen-bond acceptors (Lipinski definition) is 2. The van der Waals surface area contributed by atoms with E-state index in [2.05, 4.69) is 47.6 Å². The Bertz CT molecular complexity index is 746. The van der Waals surface area contributed by atoms with Crippen molar-refractivity contribution in [2.45, 2.75) is 99.0 Å². The maximum atomic E-state index is 10.9. The molecule has 0 saturated heterocycles. The number of allylic oxidation sites excluding steroid dienone is 4. The fourth-order valence-corrected chi connectivity index (χ4v) is 8.91. The van der Waals surface area contributed by atoms with E-state index in [-0.39, 0.29) is 16.9 Å². The van der Waals surface area contributed by atoms with Gasteiger partial charge in [-0.25, -0.2) is 0 Å². The van der Waals surface area contributed by atoms with Crippen LogP contribution >= 0.6 is 0 Å². The summed E-state index contributed by atoms with van der Waals surface area (Å²) in [5, 5.41) is 10.7. The number of aliphatic hydroxyl groups excluding tert-OH is 1. The van der Waals surface area contributed by atoms with Crippen LogP contribution in [0.2, 0.25) is 0 Å². The molecule has 7 atom stereocenters. The summed E-state index contributed by atoms with van der Waals surface area (Å²) in [6, 6.07) is 0. The molecule has 162 valence electrons. The molecule has 0 unspecified atom stereocenters. The topological polar surface area (TPSA) is 37.3 Å². The molecule has 0 bridgehead atoms. The molecule has 2 heteroatoms. The number of carbonyl (C=O) groups is 1. The standard InChI is InChI=1S/C27H42O2/c1-18(8-7-17-28)19-11-15-27(6)21-9-10-22-24(2,3)23(29)13-14-25(22,4)20(21)12-16-26(19,27)5/h7-8,17-19,22-23,29H,9-16H2,1-6H3/b8-7-/t18-,19+,22+,23+,25+,26+,27-/m1/s1. The first-order valence-corrected chi connectivity index (χ1v) is 12.1. The van der Waals surface area contributed by atoms with Gasteiger partial charge in [-0.2, -0.15) is 0 Å². The van der Waals surface area contributed by atoms with Crippen LogP contribution < -0.4 is 0 Å². The average Bonchev–Trinajstić information content (AvgIpc) is 2.95. The molecule has 0 aromatic rings. The van der Waals surface area contributed by atoms with E-state index >= 15 is 0 Å². The Labute approximate surface area is 178 Å². The molecule has 0 aromatic carbocycles. The SMILES string of the molecule is C[C@H](/C=C\C=O)[C@@H]1CC[C@]2(C)C3=C(CC[C@@]12C)[C@]1(C)CC[C@H](O)C(C)(C)[C@@H]1CC3. The zero-order valence-corrected chi connectivity index (χ0v) is 19.6. The molecule has 0 heterocycles. The molecule has 0 amide bonds. The van der Waals surface area contributed by atoms with Gasteiger partial charge in [0.1, 0.15) is 6.29 Å². The zero-order chi connectivity index (χ0) is 21.2. The predicted molar refractivity (Wildman–Crippen MR) is 119 cm³/mol. The summed E-state index contributed by atoms with van der Waals surface area (Å²) in [5.41, 5.74) is 4.48. The van der Waals surface area contributed by atoms with Crippen molar-refractivity contribution in [3.63, 3.8) is 0 Å². The van der Waals surface area contributed by atoms with Crippen LogP contribution in [0, 0.1) is 39.4 Å². The number of rotatable bonds is 3. The molecule has 4 aliphatic carbocycles. The van der Waals surface area contributed by atoms with E-state index in [0.29, 0.717) is 28.6 Å². The lowest BCUT2D eigenvalue weighted by Gasteiger charge is -2.62. The number of aldehydes is 1. The summed E-state index contributed by atoms with van der Waals surface area (Å²) in [7, 11) is 0. The molecule has 0 aromatic heterocycles. The van der Waals surface area contributed by atoms with Crippen molar-refractivity contribution in [2.75, 3.05) is 0 Å². The minimum absolute atomic E-state index is 0.0134. The van der Waals surface area contributed by atoms with Crippen molar-refractivity contribution < 1.29 is 9.90 Å². The van der Waals surface area contributed by atoms with Gasteiger partial charge in [0.05, 0.1) is 6.10 Å². The van der Waals surface area contributed by atoms with Gasteiger partial charge >= 0.3 is 0 Å². The molecule has 2 fully saturated rings. The summed E-state index contributed by atoms with van der Waals surface area (Å²) in [6.07, 6.45) is 14.2. The normalized spacial score (nSPS) is 47.5. The summed E-state index contributed by atoms with van der Waals surface area (Å²) in [6.45, 7) is 14.6. The van der Waals surface area contributed by atoms with Gasteiger partial charge in [-0.15, -0.1) is 0 Å². The molecule has 4 rings (SSSR count). The molecule has 0 radical (unpaired) electrons. The van der Waals surface area contributed by atoms with Crippen molar-refractivity contribution >= 4 is 6.29 Å². The second-order valence-electron chi connectivity index (χ2n) is 12.1. The van der Waals surface area contributed by atoms with E-state index in [1.54, 1.807) is 17.2 Å². The highest BCUT2D eigenvalue weighted by Gasteiger charge is 2.63. The van der Waals surface area contributed by atoms with Gasteiger partial charge in [-0.1, -0.05) is 58.8 Å². The Morgan fingerprint density at radius 3 is 2.38 bits per heavy atom. The third-order valence-corrected chi connectivity index (χ3v) is 10.9. The fraction of sp³-hybridized carbons (Fsp3) is 0.815. The first-order valence-electron chi connectivity index (χ1n) is 12.1. The largest absolute Gasteiger partial charge is 0.393 e. The Morgan fingerprint density at radius 2 is 1.69 bits per heavy atom. The van der Waals surface area contributed by atoms with E-state index < -0.39 is 0 Å². The molecule has 29 heavy (non-hydrogen) atoms. The Morgan fingerprint density at radius 1 is 0.966 bits per heavy atom. The minimum Gasteiger partial charge on any atom is -0.393 e. The lowest BCUT2D eigenvalue weighted by atomic mass is 9.43. The van der Waals surface area contributed by atoms with Gasteiger partial charge in [-0.3, -0.25) is 4.79 Å². The van der Waals surface area contributed by atoms with Gasteiger partial charge < -0.3 is 5.11 Å². The second-order valence-corrected chi connectivity index (χ2v) is 12.1. The fourth-order valence-electron chi connectivity index (χ4n) is 8.91. The maximum Gasteiger partial charge on any atom is 0.142 e. The lowest BCUT2D eigenvalue weighted by Crippen LogP contribution is -2.55. The van der Waals surface area contributed by atoms with Crippen LogP contribution in [0.15, 0.2) is 23.3 Å². The molecule has 0 spiro atoms. The Kier molecular flexibility index (Phi) is 5.01. The van der Waals surface area contributed by atoms with Gasteiger partial charge in [0.2, 0.25) is 0 Å². The first-order chi connectivity index (χ1) is 13.5. The molecule has 0 aliphatic heterocycles. The number of hydrogen-bond donors (Lipinski definition) is 1. The van der Waals surface area contributed by atoms with Crippen LogP contribution in [0.25, 0.3) is 0 Å². The maximum absolute atomic E-state index is 10.9. The second kappa shape index (κ2) is 6.81. The van der Waals surface area contributed by atoms with E-state index in [1.807, 2.05) is 0 Å². The van der Waals surface area contributed by atoms with E-state index in [1.165, 1.54) is 38.5 Å². The summed E-state index contributed by atoms with van der Waals surface area (Å²) >= 11 is 0. The highest BCUT2D eigenvalue weighted by molar-refractivity contribution is 5.64. The van der Waals surface area contributed by atoms with Crippen molar-refractivity contribution in [3.05, 3.63) is 23.3 Å². The van der Waals surface area contributed by atoms with Gasteiger partial charge in [0.15, 0.2) is 0 Å². The third-order valence-electron chi connectivity index (χ3n) is 10.9. The van der Waals surface area contributed by atoms with Crippen molar-refractivity contribution in [1.29, 1.82) is 0 Å². The Balaban J connectivity index is 1.74. The van der Waals surface area contributed by atoms with Crippen molar-refractivity contribution in [1.82, 2.24) is 0 Å². The lowest BCUT2D eigenvalue weighted by molar-refractivity contribution is -0.104. The molecular formula is C27H42O2. The zero-order valence-electron chi connectivity index (χ0n) is 19.6. The van der Waals surface area contributed by atoms with Crippen molar-refractivity contribution in [3.8, 4) is 0 Å². The molecular weight excluding hydrogens is 356 g/mol. The monoisotopic (exact) mass is 398 g/mol. The minimum atomic E-state index is -0.159. The van der Waals surface area contributed by atoms with Crippen molar-refractivity contribution in [2.24, 2.45) is 39.4 Å². The molecule has 1 N–H and O–H groups in total. The van der Waals surface area contributed by atoms with E-state index in [4.69, 9.17) is 0 Å². The highest BCUT2D eigenvalue weighted by atomic mass is 16.3. The van der Waals surface area contributed by atoms with Crippen LogP contribution in [-0.2, 0) is 4.79 Å². The number of fused-ring (bicyclic) bond motifs is 4. The average molecular weight is 399 g/mol. The van der Waals surface area contributed by atoms with Gasteiger partial charge in [-0.05, 0) is 96.9 Å². The van der Waals surface area contributed by atoms with Crippen LogP contribution in [0.5, 0.6) is 0 Å². The Hall–Kier alpha value is -0.890. The summed E-state index contributed by atoms with van der Waals surface area (Å²) < 4.78 is 0. The smallest absolute Gasteiger partial charge is 0.142 e. The third kappa shape index (κ3) is 2.73. The molecule has 2 nitrogen and oxygen atoms in total. The number of carbonyl (C=O) groups excluding carboxylic acids is 1. The van der Waals surface area contributed by atoms with Crippen LogP contribution in [-0.4, -0.2) is 17.5 Å². The summed E-state index contributed by atoms with van der Waals surface area (Å²) in [4.78, 5) is 10.9. The van der Waals surface area contributed by atoms with E-state index in [0.717, 1.165) is 19.1 Å². The predicted octanol–water partition coefficient (Wildman–Crippen LogP) is 6.49. The van der Waals surface area contributed by atoms with Crippen LogP contribution in [0.3, 0.4) is 0 Å².